The number of esters is 4. The lowest BCUT2D eigenvalue weighted by atomic mass is 9.44. The van der Waals surface area contributed by atoms with Gasteiger partial charge in [0.15, 0.2) is 17.6 Å². The van der Waals surface area contributed by atoms with Crippen molar-refractivity contribution in [3.63, 3.8) is 0 Å². The second kappa shape index (κ2) is 28.0. The van der Waals surface area contributed by atoms with E-state index in [1.54, 1.807) is 31.2 Å². The zero-order chi connectivity index (χ0) is 52.4. The Morgan fingerprint density at radius 1 is 0.681 bits per heavy atom. The Kier molecular flexibility index (Phi) is 22.5. The molecule has 0 spiro atoms. The minimum absolute atomic E-state index is 0.00479. The molecule has 4 aliphatic rings. The average Bonchev–Trinajstić information content (AvgIpc) is 3.71. The minimum atomic E-state index is -0.924. The second-order valence-electron chi connectivity index (χ2n) is 21.8. The predicted octanol–water partition coefficient (Wildman–Crippen LogP) is 12.2. The van der Waals surface area contributed by atoms with Crippen LogP contribution in [-0.2, 0) is 54.3 Å². The van der Waals surface area contributed by atoms with Crippen LogP contribution >= 0.6 is 0 Å². The number of carbonyl (C=O) groups is 6. The van der Waals surface area contributed by atoms with Gasteiger partial charge < -0.3 is 37.9 Å². The molecule has 2 unspecified atom stereocenters. The summed E-state index contributed by atoms with van der Waals surface area (Å²) in [6, 6.07) is 3.32. The maximum atomic E-state index is 13.2. The first-order chi connectivity index (χ1) is 34.4. The van der Waals surface area contributed by atoms with E-state index < -0.39 is 36.1 Å². The van der Waals surface area contributed by atoms with Gasteiger partial charge in [0.25, 0.3) is 0 Å². The lowest BCUT2D eigenvalue weighted by molar-refractivity contribution is -0.166. The van der Waals surface area contributed by atoms with Crippen molar-refractivity contribution in [3.8, 4) is 17.2 Å². The molecule has 1 aromatic carbocycles. The van der Waals surface area contributed by atoms with Gasteiger partial charge in [0.05, 0.1) is 27.1 Å². The summed E-state index contributed by atoms with van der Waals surface area (Å²) in [5, 5.41) is 0. The Morgan fingerprint density at radius 2 is 1.25 bits per heavy atom. The van der Waals surface area contributed by atoms with E-state index in [0.717, 1.165) is 77.0 Å². The van der Waals surface area contributed by atoms with E-state index in [4.69, 9.17) is 37.9 Å². The smallest absolute Gasteiger partial charge is 0.493 e. The average molecular weight is 1010 g/mol. The van der Waals surface area contributed by atoms with Crippen LogP contribution in [-0.4, -0.2) is 75.5 Å². The summed E-state index contributed by atoms with van der Waals surface area (Å²) in [6.07, 6.45) is 20.1. The highest BCUT2D eigenvalue weighted by Crippen LogP contribution is 2.67. The van der Waals surface area contributed by atoms with Crippen molar-refractivity contribution in [1.29, 1.82) is 0 Å². The molecule has 14 nitrogen and oxygen atoms in total. The van der Waals surface area contributed by atoms with E-state index in [1.807, 2.05) is 39.8 Å². The molecule has 0 heterocycles. The van der Waals surface area contributed by atoms with E-state index in [-0.39, 0.29) is 97.4 Å². The van der Waals surface area contributed by atoms with Crippen LogP contribution in [0.25, 0.3) is 0 Å². The Morgan fingerprint density at radius 3 is 1.82 bits per heavy atom. The molecule has 0 radical (unpaired) electrons. The summed E-state index contributed by atoms with van der Waals surface area (Å²) in [7, 11) is 2.94. The molecule has 0 aliphatic heterocycles. The van der Waals surface area contributed by atoms with Gasteiger partial charge in [-0.15, -0.1) is 0 Å². The number of fused-ring (bicyclic) bond motifs is 5. The molecule has 14 heteroatoms. The lowest BCUT2D eigenvalue weighted by Crippen LogP contribution is -2.54. The summed E-state index contributed by atoms with van der Waals surface area (Å²) >= 11 is 0. The largest absolute Gasteiger partial charge is 0.508 e. The van der Waals surface area contributed by atoms with Crippen LogP contribution in [0.5, 0.6) is 17.2 Å². The van der Waals surface area contributed by atoms with Gasteiger partial charge in [0, 0.05) is 18.8 Å². The Bertz CT molecular complexity index is 1990. The number of ketones is 1. The molecule has 0 N–H and O–H groups in total. The van der Waals surface area contributed by atoms with Crippen LogP contribution < -0.4 is 14.2 Å². The Labute approximate surface area is 429 Å². The van der Waals surface area contributed by atoms with Gasteiger partial charge in [0.1, 0.15) is 31.7 Å². The normalized spacial score (nSPS) is 26.4. The molecular weight excluding hydrogens is 921 g/mol. The van der Waals surface area contributed by atoms with Crippen molar-refractivity contribution in [3.05, 3.63) is 42.0 Å². The molecule has 0 amide bonds. The van der Waals surface area contributed by atoms with Gasteiger partial charge >= 0.3 is 30.0 Å². The van der Waals surface area contributed by atoms with E-state index >= 15 is 0 Å². The van der Waals surface area contributed by atoms with Crippen molar-refractivity contribution in [2.75, 3.05) is 27.4 Å². The first-order valence-electron chi connectivity index (χ1n) is 27.0. The van der Waals surface area contributed by atoms with Crippen molar-refractivity contribution in [1.82, 2.24) is 0 Å². The zero-order valence-electron chi connectivity index (χ0n) is 44.9. The third-order valence-electron chi connectivity index (χ3n) is 16.7. The fourth-order valence-electron chi connectivity index (χ4n) is 12.9. The SMILES string of the molecule is CC/C=C\CC(=O)OCC(COC(=O)C/C=C\CC)OC(=O)CC(C)CCCCC(C)CC(=O)Oc1c(OC)cc(COC(=O)O[C@@H]2CC[C@@]3(C)[C@@H](CC[C@@H]4[C@@H]3CC[C@]3(C)[C@@H](C(C)=O)CC[C@@H]43)C2)cc1OC. The lowest BCUT2D eigenvalue weighted by Gasteiger charge is -2.61. The molecule has 402 valence electrons. The molecule has 1 aromatic rings. The fourth-order valence-corrected chi connectivity index (χ4v) is 12.9. The number of hydrogen-bond acceptors (Lipinski definition) is 14. The zero-order valence-corrected chi connectivity index (χ0v) is 44.9. The first-order valence-corrected chi connectivity index (χ1v) is 27.0. The van der Waals surface area contributed by atoms with E-state index in [9.17, 15) is 28.8 Å². The molecule has 0 bridgehead atoms. The molecular formula is C58H86O14. The van der Waals surface area contributed by atoms with Gasteiger partial charge in [0.2, 0.25) is 5.75 Å². The number of ether oxygens (including phenoxy) is 8. The number of Topliss-reactive ketones (excluding diaryl/α,β-unsaturated/α-hetero) is 1. The standard InChI is InChI=1S/C58H86O14/c1-10-12-14-20-51(60)67-36-44(37-68-52(61)21-15-13-11-2)70-53(62)30-38(3)18-16-17-19-39(4)31-54(63)72-55-49(65-8)32-41(33-50(55)66-9)35-69-56(64)71-43-26-28-57(6)42(34-43)22-23-45-47-25-24-46(40(5)59)58(47,7)29-27-48(45)57/h12-15,32-33,38-39,42-48H,10-11,16-31,34-37H2,1-9H3/b14-12-,15-13-/t38?,39?,42-,43+,45-,46+,47-,48-,57-,58+/m0/s1. The van der Waals surface area contributed by atoms with Crippen LogP contribution in [0.1, 0.15) is 176 Å². The van der Waals surface area contributed by atoms with Gasteiger partial charge in [-0.1, -0.05) is 91.5 Å². The van der Waals surface area contributed by atoms with E-state index in [2.05, 4.69) is 13.8 Å². The van der Waals surface area contributed by atoms with Gasteiger partial charge in [-0.25, -0.2) is 4.79 Å². The third kappa shape index (κ3) is 16.1. The number of methoxy groups -OCH3 is 2. The van der Waals surface area contributed by atoms with Crippen LogP contribution in [0.2, 0.25) is 0 Å². The van der Waals surface area contributed by atoms with Gasteiger partial charge in [-0.05, 0) is 142 Å². The first kappa shape index (κ1) is 58.0. The highest BCUT2D eigenvalue weighted by atomic mass is 16.7. The number of hydrogen-bond donors (Lipinski definition) is 0. The number of carbonyl (C=O) groups excluding carboxylic acids is 6. The number of rotatable bonds is 27. The molecule has 4 fully saturated rings. The van der Waals surface area contributed by atoms with Crippen LogP contribution in [0.3, 0.4) is 0 Å². The Balaban J connectivity index is 1.01. The summed E-state index contributed by atoms with van der Waals surface area (Å²) in [5.41, 5.74) is 0.940. The van der Waals surface area contributed by atoms with Crippen molar-refractivity contribution < 1.29 is 66.7 Å². The summed E-state index contributed by atoms with van der Waals surface area (Å²) < 4.78 is 44.8. The molecule has 0 aromatic heterocycles. The highest BCUT2D eigenvalue weighted by molar-refractivity contribution is 5.79. The van der Waals surface area contributed by atoms with Crippen LogP contribution in [0, 0.1) is 52.3 Å². The van der Waals surface area contributed by atoms with Crippen molar-refractivity contribution >= 4 is 35.8 Å². The summed E-state index contributed by atoms with van der Waals surface area (Å²) in [4.78, 5) is 76.2. The van der Waals surface area contributed by atoms with Crippen molar-refractivity contribution in [2.24, 2.45) is 52.3 Å². The molecule has 5 rings (SSSR count). The van der Waals surface area contributed by atoms with E-state index in [0.29, 0.717) is 35.0 Å². The second-order valence-corrected chi connectivity index (χ2v) is 21.8. The van der Waals surface area contributed by atoms with Crippen LogP contribution in [0.15, 0.2) is 36.4 Å². The van der Waals surface area contributed by atoms with Crippen LogP contribution in [0.4, 0.5) is 4.79 Å². The minimum Gasteiger partial charge on any atom is -0.493 e. The predicted molar refractivity (Wildman–Crippen MR) is 272 cm³/mol. The quantitative estimate of drug-likeness (QED) is 0.0267. The fraction of sp³-hybridized carbons (Fsp3) is 0.724. The summed E-state index contributed by atoms with van der Waals surface area (Å²) in [6.45, 7) is 14.0. The number of allylic oxidation sites excluding steroid dienone is 2. The maximum absolute atomic E-state index is 13.2. The molecule has 72 heavy (non-hydrogen) atoms. The van der Waals surface area contributed by atoms with Crippen molar-refractivity contribution in [2.45, 2.75) is 189 Å². The van der Waals surface area contributed by atoms with E-state index in [1.165, 1.54) is 33.5 Å². The molecule has 10 atom stereocenters. The maximum Gasteiger partial charge on any atom is 0.508 e. The van der Waals surface area contributed by atoms with Gasteiger partial charge in [-0.2, -0.15) is 0 Å². The van der Waals surface area contributed by atoms with Gasteiger partial charge in [-0.3, -0.25) is 24.0 Å². The molecule has 4 saturated carbocycles. The monoisotopic (exact) mass is 1010 g/mol. The third-order valence-corrected chi connectivity index (χ3v) is 16.7. The number of benzene rings is 1. The molecule has 4 aliphatic carbocycles. The topological polar surface area (TPSA) is 176 Å². The summed E-state index contributed by atoms with van der Waals surface area (Å²) in [5.74, 6) is 1.87. The molecule has 0 saturated heterocycles. The Hall–Kier alpha value is -4.88. The highest BCUT2D eigenvalue weighted by Gasteiger charge is 2.61. The number of unbranched alkanes of at least 4 members (excludes halogenated alkanes) is 1.